The Bertz CT molecular complexity index is 1250. The summed E-state index contributed by atoms with van der Waals surface area (Å²) in [4.78, 5) is 37.2. The number of carbonyl (C=O) groups is 2. The molecule has 0 saturated heterocycles. The average Bonchev–Trinajstić information content (AvgIpc) is 2.95. The van der Waals surface area contributed by atoms with Crippen LogP contribution in [0.1, 0.15) is 34.5 Å². The number of ether oxygens (including phenoxy) is 2. The molecule has 2 aromatic carbocycles. The molecule has 2 amide bonds. The summed E-state index contributed by atoms with van der Waals surface area (Å²) in [7, 11) is 3.06. The molecule has 0 atom stereocenters. The van der Waals surface area contributed by atoms with Crippen molar-refractivity contribution in [1.29, 1.82) is 0 Å². The van der Waals surface area contributed by atoms with Gasteiger partial charge in [0.15, 0.2) is 0 Å². The third-order valence-electron chi connectivity index (χ3n) is 6.73. The lowest BCUT2D eigenvalue weighted by atomic mass is 10.1. The van der Waals surface area contributed by atoms with Crippen LogP contribution in [0.25, 0.3) is 0 Å². The predicted octanol–water partition coefficient (Wildman–Crippen LogP) is 4.66. The summed E-state index contributed by atoms with van der Waals surface area (Å²) in [5.74, 6) is 0.0967. The SMILES string of the molecule is COCC(=O)N1CCCN(Cc2ccc(Cl)cc2)CCCN(C(=O)c2cccc(OC)n2)Cc2ccccc21. The van der Waals surface area contributed by atoms with Gasteiger partial charge in [-0.2, -0.15) is 0 Å². The third-order valence-corrected chi connectivity index (χ3v) is 6.98. The number of hydrogen-bond acceptors (Lipinski definition) is 6. The van der Waals surface area contributed by atoms with Crippen molar-refractivity contribution in [3.05, 3.63) is 88.6 Å². The van der Waals surface area contributed by atoms with Crippen LogP contribution in [0.2, 0.25) is 5.02 Å². The highest BCUT2D eigenvalue weighted by atomic mass is 35.5. The first-order valence-corrected chi connectivity index (χ1v) is 13.5. The van der Waals surface area contributed by atoms with Gasteiger partial charge in [-0.15, -0.1) is 0 Å². The number of halogens is 1. The lowest BCUT2D eigenvalue weighted by Gasteiger charge is -2.31. The molecule has 0 spiro atoms. The van der Waals surface area contributed by atoms with Gasteiger partial charge < -0.3 is 19.3 Å². The molecule has 9 heteroatoms. The van der Waals surface area contributed by atoms with Gasteiger partial charge in [0.25, 0.3) is 11.8 Å². The van der Waals surface area contributed by atoms with E-state index in [0.29, 0.717) is 36.2 Å². The maximum absolute atomic E-state index is 13.7. The minimum absolute atomic E-state index is 0.0147. The van der Waals surface area contributed by atoms with Gasteiger partial charge in [0.2, 0.25) is 5.88 Å². The van der Waals surface area contributed by atoms with E-state index >= 15 is 0 Å². The van der Waals surface area contributed by atoms with E-state index < -0.39 is 0 Å². The Morgan fingerprint density at radius 3 is 2.38 bits per heavy atom. The first kappa shape index (κ1) is 28.5. The number of benzene rings is 2. The van der Waals surface area contributed by atoms with E-state index in [9.17, 15) is 9.59 Å². The smallest absolute Gasteiger partial charge is 0.272 e. The number of pyridine rings is 1. The number of carbonyl (C=O) groups excluding carboxylic acids is 2. The summed E-state index contributed by atoms with van der Waals surface area (Å²) in [5.41, 5.74) is 3.18. The molecule has 0 bridgehead atoms. The van der Waals surface area contributed by atoms with E-state index in [1.165, 1.54) is 14.2 Å². The first-order valence-electron chi connectivity index (χ1n) is 13.1. The molecule has 206 valence electrons. The molecule has 0 fully saturated rings. The Labute approximate surface area is 235 Å². The monoisotopic (exact) mass is 550 g/mol. The van der Waals surface area contributed by atoms with Crippen molar-refractivity contribution in [3.8, 4) is 5.88 Å². The molecule has 1 aliphatic heterocycles. The standard InChI is InChI=1S/C30H35ClN4O4/c1-38-22-29(36)35-19-7-17-33(20-23-12-14-25(31)15-13-23)16-6-18-34(21-24-8-3-4-10-27(24)35)30(37)26-9-5-11-28(32-26)39-2/h3-5,8-15H,6-7,16-22H2,1-2H3. The number of nitrogens with zero attached hydrogens (tertiary/aromatic N) is 4. The molecule has 1 aromatic heterocycles. The lowest BCUT2D eigenvalue weighted by Crippen LogP contribution is -2.40. The fourth-order valence-electron chi connectivity index (χ4n) is 4.81. The van der Waals surface area contributed by atoms with Crippen molar-refractivity contribution in [2.75, 3.05) is 51.9 Å². The Morgan fingerprint density at radius 1 is 0.897 bits per heavy atom. The second kappa shape index (κ2) is 14.1. The number of anilines is 1. The molecule has 39 heavy (non-hydrogen) atoms. The van der Waals surface area contributed by atoms with Crippen LogP contribution in [-0.2, 0) is 22.6 Å². The summed E-state index contributed by atoms with van der Waals surface area (Å²) in [6.07, 6.45) is 1.59. The third kappa shape index (κ3) is 7.79. The summed E-state index contributed by atoms with van der Waals surface area (Å²) >= 11 is 6.09. The zero-order valence-electron chi connectivity index (χ0n) is 22.5. The topological polar surface area (TPSA) is 75.2 Å². The fourth-order valence-corrected chi connectivity index (χ4v) is 4.94. The van der Waals surface area contributed by atoms with E-state index in [0.717, 1.165) is 49.3 Å². The first-order chi connectivity index (χ1) is 19.0. The molecule has 0 N–H and O–H groups in total. The van der Waals surface area contributed by atoms with Gasteiger partial charge in [0.1, 0.15) is 12.3 Å². The largest absolute Gasteiger partial charge is 0.481 e. The van der Waals surface area contributed by atoms with Crippen molar-refractivity contribution >= 4 is 29.1 Å². The highest BCUT2D eigenvalue weighted by Crippen LogP contribution is 2.25. The van der Waals surface area contributed by atoms with Gasteiger partial charge in [0, 0.05) is 63.2 Å². The van der Waals surface area contributed by atoms with E-state index in [2.05, 4.69) is 9.88 Å². The zero-order chi connectivity index (χ0) is 27.6. The van der Waals surface area contributed by atoms with E-state index in [1.54, 1.807) is 23.1 Å². The van der Waals surface area contributed by atoms with Crippen molar-refractivity contribution < 1.29 is 19.1 Å². The molecule has 0 unspecified atom stereocenters. The lowest BCUT2D eigenvalue weighted by molar-refractivity contribution is -0.122. The number of hydrogen-bond donors (Lipinski definition) is 0. The minimum atomic E-state index is -0.181. The van der Waals surface area contributed by atoms with E-state index in [1.807, 2.05) is 53.4 Å². The zero-order valence-corrected chi connectivity index (χ0v) is 23.3. The number of fused-ring (bicyclic) bond motifs is 1. The Kier molecular flexibility index (Phi) is 10.3. The van der Waals surface area contributed by atoms with Crippen LogP contribution < -0.4 is 9.64 Å². The highest BCUT2D eigenvalue weighted by molar-refractivity contribution is 6.30. The number of rotatable bonds is 6. The van der Waals surface area contributed by atoms with Gasteiger partial charge >= 0.3 is 0 Å². The van der Waals surface area contributed by atoms with Crippen LogP contribution in [0, 0.1) is 0 Å². The van der Waals surface area contributed by atoms with E-state index in [4.69, 9.17) is 21.1 Å². The van der Waals surface area contributed by atoms with Crippen LogP contribution >= 0.6 is 11.6 Å². The van der Waals surface area contributed by atoms with E-state index in [-0.39, 0.29) is 18.4 Å². The fraction of sp³-hybridized carbons (Fsp3) is 0.367. The Balaban J connectivity index is 1.65. The summed E-state index contributed by atoms with van der Waals surface area (Å²) in [6.45, 7) is 3.77. The molecule has 4 rings (SSSR count). The van der Waals surface area contributed by atoms with Crippen molar-refractivity contribution in [1.82, 2.24) is 14.8 Å². The summed E-state index contributed by atoms with van der Waals surface area (Å²) in [6, 6.07) is 20.8. The molecular weight excluding hydrogens is 516 g/mol. The average molecular weight is 551 g/mol. The molecule has 3 aromatic rings. The number of amides is 2. The number of methoxy groups -OCH3 is 2. The number of aromatic nitrogens is 1. The molecular formula is C30H35ClN4O4. The summed E-state index contributed by atoms with van der Waals surface area (Å²) < 4.78 is 10.4. The highest BCUT2D eigenvalue weighted by Gasteiger charge is 2.24. The van der Waals surface area contributed by atoms with Crippen molar-refractivity contribution in [2.24, 2.45) is 0 Å². The van der Waals surface area contributed by atoms with Crippen LogP contribution in [-0.4, -0.2) is 73.6 Å². The predicted molar refractivity (Wildman–Crippen MR) is 152 cm³/mol. The van der Waals surface area contributed by atoms with Gasteiger partial charge in [-0.05, 0) is 48.2 Å². The van der Waals surface area contributed by atoms with Crippen LogP contribution in [0.4, 0.5) is 5.69 Å². The van der Waals surface area contributed by atoms with Gasteiger partial charge in [-0.1, -0.05) is 48.0 Å². The Hall–Kier alpha value is -3.46. The molecule has 2 heterocycles. The second-order valence-electron chi connectivity index (χ2n) is 9.51. The maximum Gasteiger partial charge on any atom is 0.272 e. The van der Waals surface area contributed by atoms with Crippen LogP contribution in [0.5, 0.6) is 5.88 Å². The summed E-state index contributed by atoms with van der Waals surface area (Å²) in [5, 5.41) is 0.707. The molecule has 8 nitrogen and oxygen atoms in total. The van der Waals surface area contributed by atoms with Crippen molar-refractivity contribution in [3.63, 3.8) is 0 Å². The van der Waals surface area contributed by atoms with Gasteiger partial charge in [0.05, 0.1) is 7.11 Å². The second-order valence-corrected chi connectivity index (χ2v) is 9.95. The molecule has 0 aliphatic carbocycles. The van der Waals surface area contributed by atoms with Crippen molar-refractivity contribution in [2.45, 2.75) is 25.9 Å². The maximum atomic E-state index is 13.7. The Morgan fingerprint density at radius 2 is 1.64 bits per heavy atom. The van der Waals surface area contributed by atoms with Gasteiger partial charge in [-0.3, -0.25) is 14.5 Å². The minimum Gasteiger partial charge on any atom is -0.481 e. The quantitative estimate of drug-likeness (QED) is 0.444. The molecule has 0 saturated carbocycles. The van der Waals surface area contributed by atoms with Crippen LogP contribution in [0.3, 0.4) is 0 Å². The number of para-hydroxylation sites is 1. The molecule has 0 radical (unpaired) electrons. The molecule has 1 aliphatic rings. The van der Waals surface area contributed by atoms with Crippen LogP contribution in [0.15, 0.2) is 66.7 Å². The normalized spacial score (nSPS) is 15.2. The van der Waals surface area contributed by atoms with Gasteiger partial charge in [-0.25, -0.2) is 4.98 Å².